The van der Waals surface area contributed by atoms with Crippen molar-refractivity contribution < 1.29 is 12.9 Å². The van der Waals surface area contributed by atoms with Crippen molar-refractivity contribution in [1.82, 2.24) is 0 Å². The molecule has 0 spiro atoms. The third kappa shape index (κ3) is 2.33. The smallest absolute Gasteiger partial charge is 0.357 e. The molecule has 0 bridgehead atoms. The summed E-state index contributed by atoms with van der Waals surface area (Å²) in [6, 6.07) is 3.00. The first-order chi connectivity index (χ1) is 6.00. The zero-order chi connectivity index (χ0) is 10.0. The molecule has 0 aromatic heterocycles. The van der Waals surface area contributed by atoms with E-state index in [-0.39, 0.29) is 11.4 Å². The molecule has 5 nitrogen and oxygen atoms in total. The van der Waals surface area contributed by atoms with Gasteiger partial charge >= 0.3 is 11.4 Å². The van der Waals surface area contributed by atoms with Gasteiger partial charge in [0, 0.05) is 5.69 Å². The Labute approximate surface area is 78.2 Å². The molecule has 0 fully saturated rings. The summed E-state index contributed by atoms with van der Waals surface area (Å²) in [6.07, 6.45) is 0. The van der Waals surface area contributed by atoms with Gasteiger partial charge in [-0.2, -0.15) is 4.21 Å². The van der Waals surface area contributed by atoms with Gasteiger partial charge in [0.2, 0.25) is 0 Å². The Morgan fingerprint density at radius 3 is 2.54 bits per heavy atom. The van der Waals surface area contributed by atoms with Gasteiger partial charge in [0.1, 0.15) is 0 Å². The van der Waals surface area contributed by atoms with Gasteiger partial charge in [-0.25, -0.2) is 0 Å². The highest BCUT2D eigenvalue weighted by Crippen LogP contribution is 2.27. The fourth-order valence-corrected chi connectivity index (χ4v) is 1.16. The van der Waals surface area contributed by atoms with E-state index in [2.05, 4.69) is 4.18 Å². The number of benzene rings is 1. The largest absolute Gasteiger partial charge is 0.398 e. The minimum Gasteiger partial charge on any atom is -0.398 e. The average molecular weight is 202 g/mol. The summed E-state index contributed by atoms with van der Waals surface area (Å²) in [7, 11) is 0. The molecule has 0 saturated carbocycles. The lowest BCUT2D eigenvalue weighted by Crippen LogP contribution is -2.02. The van der Waals surface area contributed by atoms with E-state index in [1.807, 2.05) is 0 Å². The summed E-state index contributed by atoms with van der Waals surface area (Å²) in [5.74, 6) is 0.160. The molecule has 0 saturated heterocycles. The molecule has 0 aliphatic carbocycles. The molecular weight excluding hydrogens is 192 g/mol. The molecule has 72 valence electrons. The Balaban J connectivity index is 3.08. The molecule has 1 unspecified atom stereocenters. The van der Waals surface area contributed by atoms with E-state index in [0.717, 1.165) is 5.56 Å². The topological polar surface area (TPSA) is 98.6 Å². The summed E-state index contributed by atoms with van der Waals surface area (Å²) in [5.41, 5.74) is 12.5. The van der Waals surface area contributed by atoms with Crippen LogP contribution >= 0.6 is 0 Å². The van der Waals surface area contributed by atoms with E-state index in [1.54, 1.807) is 6.92 Å². The van der Waals surface area contributed by atoms with E-state index in [4.69, 9.17) is 16.0 Å². The summed E-state index contributed by atoms with van der Waals surface area (Å²) in [5, 5.41) is 0. The van der Waals surface area contributed by atoms with Crippen molar-refractivity contribution in [2.24, 2.45) is 0 Å². The zero-order valence-electron chi connectivity index (χ0n) is 6.98. The van der Waals surface area contributed by atoms with E-state index >= 15 is 0 Å². The molecule has 0 amide bonds. The molecule has 1 rings (SSSR count). The summed E-state index contributed by atoms with van der Waals surface area (Å²) >= 11 is -2.36. The normalized spacial score (nSPS) is 12.5. The number of hydrogen-bond donors (Lipinski definition) is 3. The Morgan fingerprint density at radius 2 is 2.00 bits per heavy atom. The molecule has 6 heteroatoms. The van der Waals surface area contributed by atoms with Crippen LogP contribution in [0.3, 0.4) is 0 Å². The van der Waals surface area contributed by atoms with Gasteiger partial charge < -0.3 is 15.7 Å². The standard InChI is InChI=1S/C7H10N2O3S/c1-4-2-7(12-13(10)11)6(9)3-5(4)8/h2-3H,8-9H2,1H3,(H,10,11). The van der Waals surface area contributed by atoms with Gasteiger partial charge in [0.15, 0.2) is 5.75 Å². The van der Waals surface area contributed by atoms with Crippen LogP contribution in [0.4, 0.5) is 11.4 Å². The lowest BCUT2D eigenvalue weighted by Gasteiger charge is -2.07. The van der Waals surface area contributed by atoms with E-state index < -0.39 is 11.4 Å². The molecule has 0 aliphatic heterocycles. The van der Waals surface area contributed by atoms with Gasteiger partial charge in [-0.1, -0.05) is 0 Å². The quantitative estimate of drug-likeness (QED) is 0.483. The highest BCUT2D eigenvalue weighted by atomic mass is 32.2. The number of aryl methyl sites for hydroxylation is 1. The number of nitrogen functional groups attached to an aromatic ring is 2. The molecule has 1 aromatic carbocycles. The van der Waals surface area contributed by atoms with Gasteiger partial charge in [0.25, 0.3) is 0 Å². The Hall–Kier alpha value is -1.27. The van der Waals surface area contributed by atoms with Crippen LogP contribution in [-0.4, -0.2) is 8.76 Å². The highest BCUT2D eigenvalue weighted by Gasteiger charge is 2.06. The molecule has 5 N–H and O–H groups in total. The van der Waals surface area contributed by atoms with Crippen molar-refractivity contribution in [1.29, 1.82) is 0 Å². The first-order valence-corrected chi connectivity index (χ1v) is 4.48. The van der Waals surface area contributed by atoms with Crippen LogP contribution in [0.25, 0.3) is 0 Å². The van der Waals surface area contributed by atoms with Crippen molar-refractivity contribution in [2.45, 2.75) is 6.92 Å². The second-order valence-electron chi connectivity index (χ2n) is 2.55. The van der Waals surface area contributed by atoms with Crippen molar-refractivity contribution in [3.05, 3.63) is 17.7 Å². The van der Waals surface area contributed by atoms with Crippen LogP contribution < -0.4 is 15.7 Å². The summed E-state index contributed by atoms with van der Waals surface area (Å²) in [4.78, 5) is 0. The van der Waals surface area contributed by atoms with Crippen molar-refractivity contribution in [3.8, 4) is 5.75 Å². The summed E-state index contributed by atoms with van der Waals surface area (Å²) in [6.45, 7) is 1.75. The predicted molar refractivity (Wildman–Crippen MR) is 51.4 cm³/mol. The van der Waals surface area contributed by atoms with Gasteiger partial charge in [-0.15, -0.1) is 0 Å². The number of hydrogen-bond acceptors (Lipinski definition) is 4. The average Bonchev–Trinajstić information content (AvgIpc) is 1.99. The maximum absolute atomic E-state index is 10.3. The molecule has 0 radical (unpaired) electrons. The fraction of sp³-hybridized carbons (Fsp3) is 0.143. The maximum Gasteiger partial charge on any atom is 0.357 e. The number of anilines is 2. The van der Waals surface area contributed by atoms with Crippen LogP contribution in [0.2, 0.25) is 0 Å². The van der Waals surface area contributed by atoms with Crippen LogP contribution in [0.15, 0.2) is 12.1 Å². The minimum absolute atomic E-state index is 0.160. The Morgan fingerprint density at radius 1 is 1.38 bits per heavy atom. The monoisotopic (exact) mass is 202 g/mol. The van der Waals surface area contributed by atoms with E-state index in [9.17, 15) is 4.21 Å². The van der Waals surface area contributed by atoms with Gasteiger partial charge in [0.05, 0.1) is 5.69 Å². The van der Waals surface area contributed by atoms with Crippen LogP contribution in [0, 0.1) is 6.92 Å². The predicted octanol–water partition coefficient (Wildman–Crippen LogP) is 0.675. The van der Waals surface area contributed by atoms with Crippen LogP contribution in [0.5, 0.6) is 5.75 Å². The highest BCUT2D eigenvalue weighted by molar-refractivity contribution is 7.74. The minimum atomic E-state index is -2.36. The third-order valence-electron chi connectivity index (χ3n) is 1.56. The first kappa shape index (κ1) is 9.82. The summed E-state index contributed by atoms with van der Waals surface area (Å²) < 4.78 is 23.3. The van der Waals surface area contributed by atoms with E-state index in [0.29, 0.717) is 5.69 Å². The molecule has 1 aromatic rings. The first-order valence-electron chi connectivity index (χ1n) is 3.45. The lowest BCUT2D eigenvalue weighted by atomic mass is 10.2. The Kier molecular flexibility index (Phi) is 2.74. The molecule has 0 aliphatic rings. The van der Waals surface area contributed by atoms with Crippen molar-refractivity contribution in [3.63, 3.8) is 0 Å². The van der Waals surface area contributed by atoms with Crippen LogP contribution in [-0.2, 0) is 11.4 Å². The SMILES string of the molecule is Cc1cc(OS(=O)O)c(N)cc1N. The van der Waals surface area contributed by atoms with Crippen LogP contribution in [0.1, 0.15) is 5.56 Å². The zero-order valence-corrected chi connectivity index (χ0v) is 7.80. The second kappa shape index (κ2) is 3.63. The molecule has 0 heterocycles. The van der Waals surface area contributed by atoms with Crippen molar-refractivity contribution >= 4 is 22.7 Å². The number of nitrogens with two attached hydrogens (primary N) is 2. The molecular formula is C7H10N2O3S. The second-order valence-corrected chi connectivity index (χ2v) is 3.15. The molecule has 1 atom stereocenters. The van der Waals surface area contributed by atoms with Gasteiger partial charge in [-0.05, 0) is 24.6 Å². The fourth-order valence-electron chi connectivity index (χ4n) is 0.865. The lowest BCUT2D eigenvalue weighted by molar-refractivity contribution is 0.459. The molecule has 13 heavy (non-hydrogen) atoms. The van der Waals surface area contributed by atoms with E-state index in [1.165, 1.54) is 12.1 Å². The number of rotatable bonds is 2. The Bertz CT molecular complexity index is 354. The third-order valence-corrected chi connectivity index (χ3v) is 1.88. The van der Waals surface area contributed by atoms with Gasteiger partial charge in [-0.3, -0.25) is 4.55 Å². The maximum atomic E-state index is 10.3. The van der Waals surface area contributed by atoms with Crippen molar-refractivity contribution in [2.75, 3.05) is 11.5 Å².